The number of anilines is 1. The summed E-state index contributed by atoms with van der Waals surface area (Å²) >= 11 is 0. The van der Waals surface area contributed by atoms with Crippen molar-refractivity contribution in [2.24, 2.45) is 0 Å². The molecule has 0 unspecified atom stereocenters. The van der Waals surface area contributed by atoms with Gasteiger partial charge in [0.1, 0.15) is 5.82 Å². The molecule has 2 heterocycles. The summed E-state index contributed by atoms with van der Waals surface area (Å²) < 4.78 is 0. The van der Waals surface area contributed by atoms with E-state index < -0.39 is 0 Å². The first-order chi connectivity index (χ1) is 11.5. The van der Waals surface area contributed by atoms with Crippen molar-refractivity contribution in [1.82, 2.24) is 15.3 Å². The Morgan fingerprint density at radius 2 is 2.12 bits per heavy atom. The zero-order valence-corrected chi connectivity index (χ0v) is 14.1. The zero-order valence-electron chi connectivity index (χ0n) is 14.1. The highest BCUT2D eigenvalue weighted by Gasteiger charge is 2.18. The number of fused-ring (bicyclic) bond motifs is 1. The minimum absolute atomic E-state index is 0.0605. The summed E-state index contributed by atoms with van der Waals surface area (Å²) in [5, 5.41) is 2.90. The predicted molar refractivity (Wildman–Crippen MR) is 93.4 cm³/mol. The number of hydrogen-bond donors (Lipinski definition) is 2. The first-order valence-electron chi connectivity index (χ1n) is 8.20. The second-order valence-corrected chi connectivity index (χ2v) is 6.11. The molecule has 24 heavy (non-hydrogen) atoms. The van der Waals surface area contributed by atoms with Crippen molar-refractivity contribution in [3.8, 4) is 0 Å². The lowest BCUT2D eigenvalue weighted by molar-refractivity contribution is -0.120. The number of aromatic amines is 1. The maximum absolute atomic E-state index is 12.1. The highest BCUT2D eigenvalue weighted by Crippen LogP contribution is 2.26. The number of benzene rings is 1. The molecule has 0 bridgehead atoms. The molecule has 1 aliphatic rings. The van der Waals surface area contributed by atoms with Crippen LogP contribution in [0, 0.1) is 13.8 Å². The molecule has 0 aliphatic carbocycles. The third-order valence-corrected chi connectivity index (χ3v) is 4.37. The Morgan fingerprint density at radius 1 is 1.33 bits per heavy atom. The lowest BCUT2D eigenvalue weighted by Crippen LogP contribution is -2.36. The van der Waals surface area contributed by atoms with Crippen molar-refractivity contribution in [2.75, 3.05) is 24.5 Å². The molecular weight excluding hydrogens is 304 g/mol. The van der Waals surface area contributed by atoms with Crippen LogP contribution in [0.3, 0.4) is 0 Å². The minimum atomic E-state index is -0.233. The number of aryl methyl sites for hydroxylation is 2. The topological polar surface area (TPSA) is 78.1 Å². The number of hydrogen-bond acceptors (Lipinski definition) is 4. The molecule has 0 spiro atoms. The Kier molecular flexibility index (Phi) is 4.64. The van der Waals surface area contributed by atoms with Gasteiger partial charge in [-0.25, -0.2) is 4.98 Å². The summed E-state index contributed by atoms with van der Waals surface area (Å²) in [4.78, 5) is 33.2. The van der Waals surface area contributed by atoms with E-state index >= 15 is 0 Å². The summed E-state index contributed by atoms with van der Waals surface area (Å²) in [7, 11) is 0. The molecule has 2 N–H and O–H groups in total. The van der Waals surface area contributed by atoms with Crippen LogP contribution >= 0.6 is 0 Å². The smallest absolute Gasteiger partial charge is 0.254 e. The lowest BCUT2D eigenvalue weighted by atomic mass is 10.1. The summed E-state index contributed by atoms with van der Waals surface area (Å²) in [6.45, 7) is 5.79. The van der Waals surface area contributed by atoms with E-state index in [1.807, 2.05) is 6.07 Å². The van der Waals surface area contributed by atoms with Gasteiger partial charge in [-0.05, 0) is 31.9 Å². The van der Waals surface area contributed by atoms with E-state index in [4.69, 9.17) is 0 Å². The molecule has 1 aromatic carbocycles. The minimum Gasteiger partial charge on any atom is -0.369 e. The van der Waals surface area contributed by atoms with Gasteiger partial charge >= 0.3 is 0 Å². The highest BCUT2D eigenvalue weighted by atomic mass is 16.2. The first kappa shape index (κ1) is 16.2. The molecule has 6 heteroatoms. The summed E-state index contributed by atoms with van der Waals surface area (Å²) in [5.74, 6) is 0.413. The Labute approximate surface area is 140 Å². The van der Waals surface area contributed by atoms with Gasteiger partial charge in [-0.3, -0.25) is 9.59 Å². The van der Waals surface area contributed by atoms with Crippen LogP contribution in [0.1, 0.15) is 22.6 Å². The second-order valence-electron chi connectivity index (χ2n) is 6.11. The van der Waals surface area contributed by atoms with Gasteiger partial charge in [0.2, 0.25) is 5.91 Å². The molecule has 0 saturated heterocycles. The monoisotopic (exact) mass is 326 g/mol. The van der Waals surface area contributed by atoms with Gasteiger partial charge in [0.25, 0.3) is 5.56 Å². The number of aromatic nitrogens is 2. The third kappa shape index (κ3) is 3.48. The van der Waals surface area contributed by atoms with Gasteiger partial charge in [0, 0.05) is 36.6 Å². The molecule has 3 rings (SSSR count). The molecule has 2 aromatic rings. The summed E-state index contributed by atoms with van der Waals surface area (Å²) in [6, 6.07) is 8.35. The van der Waals surface area contributed by atoms with E-state index in [9.17, 15) is 9.59 Å². The van der Waals surface area contributed by atoms with E-state index in [1.54, 1.807) is 13.8 Å². The molecule has 1 amide bonds. The summed E-state index contributed by atoms with van der Waals surface area (Å²) in [5.41, 5.74) is 3.42. The van der Waals surface area contributed by atoms with Crippen LogP contribution in [0.15, 0.2) is 29.1 Å². The average molecular weight is 326 g/mol. The maximum atomic E-state index is 12.1. The van der Waals surface area contributed by atoms with Gasteiger partial charge in [0.15, 0.2) is 0 Å². The molecule has 0 atom stereocenters. The largest absolute Gasteiger partial charge is 0.369 e. The van der Waals surface area contributed by atoms with Crippen LogP contribution < -0.4 is 15.8 Å². The van der Waals surface area contributed by atoms with Crippen LogP contribution in [0.25, 0.3) is 0 Å². The Hall–Kier alpha value is -2.63. The number of nitrogens with one attached hydrogen (secondary N) is 2. The van der Waals surface area contributed by atoms with Crippen molar-refractivity contribution < 1.29 is 4.79 Å². The van der Waals surface area contributed by atoms with Gasteiger partial charge in [-0.2, -0.15) is 0 Å². The number of carbonyl (C=O) groups excluding carboxylic acids is 1. The number of H-pyrrole nitrogens is 1. The molecule has 0 radical (unpaired) electrons. The van der Waals surface area contributed by atoms with E-state index in [0.717, 1.165) is 19.5 Å². The average Bonchev–Trinajstić information content (AvgIpc) is 2.94. The molecule has 0 saturated carbocycles. The molecule has 1 aromatic heterocycles. The van der Waals surface area contributed by atoms with Crippen molar-refractivity contribution in [2.45, 2.75) is 26.7 Å². The fraction of sp³-hybridized carbons (Fsp3) is 0.389. The van der Waals surface area contributed by atoms with Gasteiger partial charge in [-0.1, -0.05) is 18.2 Å². The van der Waals surface area contributed by atoms with E-state index in [1.165, 1.54) is 11.3 Å². The maximum Gasteiger partial charge on any atom is 0.254 e. The fourth-order valence-electron chi connectivity index (χ4n) is 3.15. The lowest BCUT2D eigenvalue weighted by Gasteiger charge is -2.19. The van der Waals surface area contributed by atoms with Gasteiger partial charge in [0.05, 0.1) is 6.42 Å². The number of carbonyl (C=O) groups is 1. The molecule has 6 nitrogen and oxygen atoms in total. The predicted octanol–water partition coefficient (Wildman–Crippen LogP) is 1.11. The van der Waals surface area contributed by atoms with Gasteiger partial charge in [-0.15, -0.1) is 0 Å². The van der Waals surface area contributed by atoms with Crippen molar-refractivity contribution in [1.29, 1.82) is 0 Å². The van der Waals surface area contributed by atoms with Crippen molar-refractivity contribution in [3.63, 3.8) is 0 Å². The van der Waals surface area contributed by atoms with E-state index in [2.05, 4.69) is 38.4 Å². The fourth-order valence-corrected chi connectivity index (χ4v) is 3.15. The SMILES string of the molecule is Cc1nc(C)c(CC(=O)NCCN2CCc3ccccc32)c(=O)[nH]1. The third-order valence-electron chi connectivity index (χ3n) is 4.37. The molecule has 1 aliphatic heterocycles. The van der Waals surface area contributed by atoms with Crippen molar-refractivity contribution in [3.05, 3.63) is 57.3 Å². The number of rotatable bonds is 5. The molecule has 126 valence electrons. The molecular formula is C18H22N4O2. The van der Waals surface area contributed by atoms with E-state index in [0.29, 0.717) is 23.6 Å². The van der Waals surface area contributed by atoms with Crippen LogP contribution in [0.4, 0.5) is 5.69 Å². The molecule has 0 fully saturated rings. The zero-order chi connectivity index (χ0) is 17.1. The number of amides is 1. The number of para-hydroxylation sites is 1. The second kappa shape index (κ2) is 6.86. The number of nitrogens with zero attached hydrogens (tertiary/aromatic N) is 2. The van der Waals surface area contributed by atoms with Crippen molar-refractivity contribution >= 4 is 11.6 Å². The standard InChI is InChI=1S/C18H22N4O2/c1-12-15(18(24)21-13(2)20-12)11-17(23)19-8-10-22-9-7-14-5-3-4-6-16(14)22/h3-6H,7-11H2,1-2H3,(H,19,23)(H,20,21,24). The summed E-state index contributed by atoms with van der Waals surface area (Å²) in [6.07, 6.45) is 1.11. The van der Waals surface area contributed by atoms with Crippen LogP contribution in [-0.2, 0) is 17.6 Å². The first-order valence-corrected chi connectivity index (χ1v) is 8.20. The Bertz CT molecular complexity index is 813. The van der Waals surface area contributed by atoms with Crippen LogP contribution in [0.5, 0.6) is 0 Å². The van der Waals surface area contributed by atoms with Crippen LogP contribution in [-0.4, -0.2) is 35.5 Å². The van der Waals surface area contributed by atoms with E-state index in [-0.39, 0.29) is 17.9 Å². The highest BCUT2D eigenvalue weighted by molar-refractivity contribution is 5.78. The normalized spacial score (nSPS) is 13.0. The Morgan fingerprint density at radius 3 is 2.92 bits per heavy atom. The quantitative estimate of drug-likeness (QED) is 0.863. The van der Waals surface area contributed by atoms with Crippen LogP contribution in [0.2, 0.25) is 0 Å². The van der Waals surface area contributed by atoms with Gasteiger partial charge < -0.3 is 15.2 Å². The Balaban J connectivity index is 1.53.